The van der Waals surface area contributed by atoms with E-state index in [2.05, 4.69) is 10.6 Å². The van der Waals surface area contributed by atoms with Crippen LogP contribution in [0.5, 0.6) is 0 Å². The summed E-state index contributed by atoms with van der Waals surface area (Å²) in [6, 6.07) is 0. The Balaban J connectivity index is 5.02. The molecule has 0 aliphatic carbocycles. The number of amides is 2. The highest BCUT2D eigenvalue weighted by atomic mass is 16.4. The molecule has 33 heavy (non-hydrogen) atoms. The van der Waals surface area contributed by atoms with Crippen molar-refractivity contribution in [3.05, 3.63) is 0 Å². The summed E-state index contributed by atoms with van der Waals surface area (Å²) in [5.41, 5.74) is 0. The van der Waals surface area contributed by atoms with Crippen LogP contribution >= 0.6 is 0 Å². The summed E-state index contributed by atoms with van der Waals surface area (Å²) in [7, 11) is 0. The van der Waals surface area contributed by atoms with Crippen LogP contribution < -0.4 is 10.6 Å². The summed E-state index contributed by atoms with van der Waals surface area (Å²) >= 11 is 0. The number of nitrogens with zero attached hydrogens (tertiary/aromatic N) is 3. The Hall–Kier alpha value is -2.85. The number of aliphatic hydroxyl groups excluding tert-OH is 2. The van der Waals surface area contributed by atoms with Crippen molar-refractivity contribution < 1.29 is 49.5 Å². The van der Waals surface area contributed by atoms with Gasteiger partial charge in [0.25, 0.3) is 0 Å². The maximum Gasteiger partial charge on any atom is 0.317 e. The minimum Gasteiger partial charge on any atom is -0.480 e. The number of carboxylic acid groups (broad SMARTS) is 3. The molecule has 0 aromatic rings. The van der Waals surface area contributed by atoms with E-state index < -0.39 is 49.4 Å². The zero-order chi connectivity index (χ0) is 25.2. The molecule has 0 rings (SSSR count). The van der Waals surface area contributed by atoms with Crippen LogP contribution in [0.1, 0.15) is 0 Å². The molecule has 0 unspecified atom stereocenters. The van der Waals surface area contributed by atoms with Gasteiger partial charge in [0.1, 0.15) is 0 Å². The molecule has 0 bridgehead atoms. The van der Waals surface area contributed by atoms with Crippen LogP contribution in [0.2, 0.25) is 0 Å². The zero-order valence-corrected chi connectivity index (χ0v) is 18.3. The Morgan fingerprint density at radius 3 is 1.12 bits per heavy atom. The largest absolute Gasteiger partial charge is 0.480 e. The first-order valence-corrected chi connectivity index (χ1v) is 10.1. The van der Waals surface area contributed by atoms with Crippen molar-refractivity contribution in [3.8, 4) is 0 Å². The highest BCUT2D eigenvalue weighted by Gasteiger charge is 2.19. The Kier molecular flexibility index (Phi) is 16.1. The van der Waals surface area contributed by atoms with Crippen LogP contribution in [0, 0.1) is 0 Å². The second-order valence-corrected chi connectivity index (χ2v) is 7.03. The normalized spacial score (nSPS) is 11.1. The molecular weight excluding hydrogens is 446 g/mol. The van der Waals surface area contributed by atoms with Gasteiger partial charge < -0.3 is 36.2 Å². The van der Waals surface area contributed by atoms with Gasteiger partial charge in [-0.25, -0.2) is 0 Å². The van der Waals surface area contributed by atoms with Crippen LogP contribution in [0.4, 0.5) is 0 Å². The summed E-state index contributed by atoms with van der Waals surface area (Å²) in [6.45, 7) is -2.26. The predicted octanol–water partition coefficient (Wildman–Crippen LogP) is -4.64. The van der Waals surface area contributed by atoms with Crippen molar-refractivity contribution in [1.29, 1.82) is 0 Å². The molecule has 0 spiro atoms. The summed E-state index contributed by atoms with van der Waals surface area (Å²) < 4.78 is 0. The molecule has 0 fully saturated rings. The lowest BCUT2D eigenvalue weighted by molar-refractivity contribution is -0.141. The third-order valence-corrected chi connectivity index (χ3v) is 4.14. The second-order valence-electron chi connectivity index (χ2n) is 7.03. The third-order valence-electron chi connectivity index (χ3n) is 4.14. The van der Waals surface area contributed by atoms with Crippen molar-refractivity contribution in [2.45, 2.75) is 0 Å². The number of carbonyl (C=O) groups is 5. The molecule has 15 heteroatoms. The SMILES string of the molecule is O=C(O)CN(CCN(CC(=O)O)CC(=O)NCCO)CCN(CC(=O)O)CC(=O)NCCO. The number of carboxylic acids is 3. The minimum absolute atomic E-state index is 0.0101. The molecule has 0 atom stereocenters. The zero-order valence-electron chi connectivity index (χ0n) is 18.3. The first kappa shape index (κ1) is 30.1. The number of rotatable bonds is 20. The van der Waals surface area contributed by atoms with Crippen molar-refractivity contribution >= 4 is 29.7 Å². The van der Waals surface area contributed by atoms with Gasteiger partial charge in [0.05, 0.1) is 45.9 Å². The van der Waals surface area contributed by atoms with Crippen molar-refractivity contribution in [2.75, 3.05) is 85.2 Å². The summed E-state index contributed by atoms with van der Waals surface area (Å²) in [4.78, 5) is 61.1. The van der Waals surface area contributed by atoms with E-state index in [-0.39, 0.29) is 65.6 Å². The van der Waals surface area contributed by atoms with Crippen molar-refractivity contribution in [1.82, 2.24) is 25.3 Å². The van der Waals surface area contributed by atoms with Crippen molar-refractivity contribution in [3.63, 3.8) is 0 Å². The predicted molar refractivity (Wildman–Crippen MR) is 112 cm³/mol. The van der Waals surface area contributed by atoms with Crippen LogP contribution in [0.15, 0.2) is 0 Å². The van der Waals surface area contributed by atoms with Crippen molar-refractivity contribution in [2.24, 2.45) is 0 Å². The molecule has 190 valence electrons. The van der Waals surface area contributed by atoms with Gasteiger partial charge in [0.15, 0.2) is 0 Å². The Labute approximate surface area is 190 Å². The van der Waals surface area contributed by atoms with Gasteiger partial charge in [-0.3, -0.25) is 38.7 Å². The molecule has 0 heterocycles. The van der Waals surface area contributed by atoms with Gasteiger partial charge in [-0.1, -0.05) is 0 Å². The smallest absolute Gasteiger partial charge is 0.317 e. The summed E-state index contributed by atoms with van der Waals surface area (Å²) in [5, 5.41) is 49.6. The number of hydrogen-bond acceptors (Lipinski definition) is 10. The van der Waals surface area contributed by atoms with Gasteiger partial charge in [0, 0.05) is 39.3 Å². The van der Waals surface area contributed by atoms with Gasteiger partial charge in [-0.05, 0) is 0 Å². The first-order valence-electron chi connectivity index (χ1n) is 10.1. The molecule has 0 aliphatic rings. The van der Waals surface area contributed by atoms with Gasteiger partial charge >= 0.3 is 17.9 Å². The second kappa shape index (κ2) is 17.7. The molecule has 0 aromatic carbocycles. The van der Waals surface area contributed by atoms with E-state index in [1.54, 1.807) is 0 Å². The van der Waals surface area contributed by atoms with Gasteiger partial charge in [0.2, 0.25) is 11.8 Å². The molecule has 0 aromatic heterocycles. The van der Waals surface area contributed by atoms with Crippen LogP contribution in [-0.2, 0) is 24.0 Å². The van der Waals surface area contributed by atoms with E-state index in [0.29, 0.717) is 0 Å². The van der Waals surface area contributed by atoms with Gasteiger partial charge in [-0.15, -0.1) is 0 Å². The van der Waals surface area contributed by atoms with Gasteiger partial charge in [-0.2, -0.15) is 0 Å². The fourth-order valence-corrected chi connectivity index (χ4v) is 2.75. The lowest BCUT2D eigenvalue weighted by atomic mass is 10.3. The van der Waals surface area contributed by atoms with Crippen LogP contribution in [0.3, 0.4) is 0 Å². The number of aliphatic carboxylic acids is 3. The first-order chi connectivity index (χ1) is 15.6. The maximum absolute atomic E-state index is 11.8. The Morgan fingerprint density at radius 2 is 0.818 bits per heavy atom. The van der Waals surface area contributed by atoms with Crippen LogP contribution in [0.25, 0.3) is 0 Å². The fourth-order valence-electron chi connectivity index (χ4n) is 2.75. The number of carbonyl (C=O) groups excluding carboxylic acids is 2. The molecule has 15 nitrogen and oxygen atoms in total. The summed E-state index contributed by atoms with van der Waals surface area (Å²) in [6.07, 6.45) is 0. The van der Waals surface area contributed by atoms with E-state index in [1.165, 1.54) is 14.7 Å². The average molecular weight is 479 g/mol. The van der Waals surface area contributed by atoms with E-state index in [1.807, 2.05) is 0 Å². The molecule has 7 N–H and O–H groups in total. The molecule has 0 saturated carbocycles. The Morgan fingerprint density at radius 1 is 0.515 bits per heavy atom. The molecule has 0 saturated heterocycles. The lowest BCUT2D eigenvalue weighted by Crippen LogP contribution is -2.47. The number of hydrogen-bond donors (Lipinski definition) is 7. The fraction of sp³-hybridized carbons (Fsp3) is 0.722. The standard InChI is InChI=1S/C18H33N5O10/c24-7-1-19-14(26)9-22(12-17(30)31)5-3-21(11-16(28)29)4-6-23(13-18(32)33)10-15(27)20-2-8-25/h24-25H,1-13H2,(H,19,26)(H,20,27)(H,28,29)(H,30,31)(H,32,33). The minimum atomic E-state index is -1.18. The molecular formula is C18H33N5O10. The maximum atomic E-state index is 11.8. The topological polar surface area (TPSA) is 220 Å². The summed E-state index contributed by atoms with van der Waals surface area (Å²) in [5.74, 6) is -4.54. The number of aliphatic hydroxyl groups is 2. The average Bonchev–Trinajstić information content (AvgIpc) is 2.71. The van der Waals surface area contributed by atoms with E-state index in [9.17, 15) is 24.0 Å². The number of nitrogens with one attached hydrogen (secondary N) is 2. The van der Waals surface area contributed by atoms with E-state index in [0.717, 1.165) is 0 Å². The van der Waals surface area contributed by atoms with E-state index in [4.69, 9.17) is 25.5 Å². The Bertz CT molecular complexity index is 602. The third kappa shape index (κ3) is 17.4. The highest BCUT2D eigenvalue weighted by Crippen LogP contribution is 1.97. The van der Waals surface area contributed by atoms with Crippen LogP contribution in [-0.4, -0.2) is 155 Å². The lowest BCUT2D eigenvalue weighted by Gasteiger charge is -2.28. The molecule has 0 aliphatic heterocycles. The monoisotopic (exact) mass is 479 g/mol. The van der Waals surface area contributed by atoms with E-state index >= 15 is 0 Å². The highest BCUT2D eigenvalue weighted by molar-refractivity contribution is 5.79. The molecule has 0 radical (unpaired) electrons. The molecule has 2 amide bonds. The quantitative estimate of drug-likeness (QED) is 0.0874.